The molecule has 1 rings (SSSR count). The molecular formula is C12H16O3P+. The van der Waals surface area contributed by atoms with Gasteiger partial charge in [0, 0.05) is 4.57 Å². The Morgan fingerprint density at radius 1 is 0.875 bits per heavy atom. The summed E-state index contributed by atoms with van der Waals surface area (Å²) in [6.45, 7) is 7.25. The van der Waals surface area contributed by atoms with Crippen molar-refractivity contribution in [3.05, 3.63) is 61.7 Å². The molecule has 0 aromatic heterocycles. The predicted molar refractivity (Wildman–Crippen MR) is 66.3 cm³/mol. The molecule has 0 saturated heterocycles. The van der Waals surface area contributed by atoms with E-state index in [1.54, 1.807) is 0 Å². The van der Waals surface area contributed by atoms with E-state index >= 15 is 0 Å². The van der Waals surface area contributed by atoms with E-state index in [0.717, 1.165) is 0 Å². The zero-order valence-electron chi connectivity index (χ0n) is 9.12. The number of hydrogen-bond acceptors (Lipinski definition) is 3. The summed E-state index contributed by atoms with van der Waals surface area (Å²) < 4.78 is 19.8. The molecule has 0 spiro atoms. The van der Waals surface area contributed by atoms with Crippen molar-refractivity contribution in [3.8, 4) is 0 Å². The summed E-state index contributed by atoms with van der Waals surface area (Å²) in [5.41, 5.74) is 0. The van der Waals surface area contributed by atoms with Crippen molar-refractivity contribution in [1.29, 1.82) is 0 Å². The van der Waals surface area contributed by atoms with Gasteiger partial charge in [-0.3, -0.25) is 0 Å². The minimum absolute atomic E-state index is 0.242. The fourth-order valence-electron chi connectivity index (χ4n) is 0.649. The average Bonchev–Trinajstić information content (AvgIpc) is 2.36. The molecule has 0 bridgehead atoms. The first-order valence-electron chi connectivity index (χ1n) is 4.76. The molecule has 0 saturated carbocycles. The summed E-state index contributed by atoms with van der Waals surface area (Å²) in [6.07, 6.45) is 3.01. The van der Waals surface area contributed by atoms with E-state index in [1.165, 1.54) is 12.2 Å². The van der Waals surface area contributed by atoms with E-state index < -0.39 is 8.25 Å². The van der Waals surface area contributed by atoms with Crippen LogP contribution in [0.1, 0.15) is 0 Å². The number of benzene rings is 1. The molecule has 86 valence electrons. The molecule has 0 radical (unpaired) electrons. The van der Waals surface area contributed by atoms with Crippen molar-refractivity contribution in [2.75, 3.05) is 13.2 Å². The minimum Gasteiger partial charge on any atom is -0.115 e. The monoisotopic (exact) mass is 239 g/mol. The van der Waals surface area contributed by atoms with Crippen molar-refractivity contribution in [2.24, 2.45) is 0 Å². The summed E-state index contributed by atoms with van der Waals surface area (Å²) >= 11 is 0. The smallest absolute Gasteiger partial charge is 0.115 e. The molecule has 0 aliphatic heterocycles. The normalized spacial score (nSPS) is 8.50. The summed E-state index contributed by atoms with van der Waals surface area (Å²) in [5.74, 6) is 0. The first kappa shape index (κ1) is 14.7. The molecule has 4 heteroatoms. The molecule has 1 aromatic rings. The van der Waals surface area contributed by atoms with E-state index in [2.05, 4.69) is 22.2 Å². The van der Waals surface area contributed by atoms with Crippen LogP contribution in [0.15, 0.2) is 61.7 Å². The summed E-state index contributed by atoms with van der Waals surface area (Å²) in [7, 11) is -1.98. The van der Waals surface area contributed by atoms with Gasteiger partial charge in [-0.2, -0.15) is 0 Å². The highest BCUT2D eigenvalue weighted by Gasteiger charge is 2.16. The molecule has 0 amide bonds. The number of hydrogen-bond donors (Lipinski definition) is 0. The zero-order valence-corrected chi connectivity index (χ0v) is 10.0. The lowest BCUT2D eigenvalue weighted by atomic mass is 10.4. The number of rotatable bonds is 6. The molecule has 0 aliphatic rings. The highest BCUT2D eigenvalue weighted by atomic mass is 31.1. The van der Waals surface area contributed by atoms with Gasteiger partial charge in [-0.15, -0.1) is 22.2 Å². The molecule has 0 atom stereocenters. The van der Waals surface area contributed by atoms with Crippen LogP contribution < -0.4 is 0 Å². The second-order valence-corrected chi connectivity index (χ2v) is 3.51. The first-order chi connectivity index (χ1) is 7.81. The van der Waals surface area contributed by atoms with Gasteiger partial charge in [-0.25, -0.2) is 0 Å². The topological polar surface area (TPSA) is 35.5 Å². The van der Waals surface area contributed by atoms with Crippen molar-refractivity contribution in [3.63, 3.8) is 0 Å². The van der Waals surface area contributed by atoms with Crippen LogP contribution in [0.4, 0.5) is 0 Å². The van der Waals surface area contributed by atoms with Crippen LogP contribution in [-0.2, 0) is 13.6 Å². The van der Waals surface area contributed by atoms with Gasteiger partial charge in [-0.1, -0.05) is 48.6 Å². The zero-order chi connectivity index (χ0) is 12.1. The molecule has 0 N–H and O–H groups in total. The van der Waals surface area contributed by atoms with Crippen molar-refractivity contribution < 1.29 is 13.6 Å². The third kappa shape index (κ3) is 10.8. The van der Waals surface area contributed by atoms with Gasteiger partial charge in [0.25, 0.3) is 0 Å². The van der Waals surface area contributed by atoms with Crippen LogP contribution in [0.5, 0.6) is 0 Å². The highest BCUT2D eigenvalue weighted by Crippen LogP contribution is 2.22. The Morgan fingerprint density at radius 2 is 1.19 bits per heavy atom. The van der Waals surface area contributed by atoms with Crippen molar-refractivity contribution in [1.82, 2.24) is 0 Å². The van der Waals surface area contributed by atoms with Gasteiger partial charge in [0.05, 0.1) is 0 Å². The second kappa shape index (κ2) is 11.8. The van der Waals surface area contributed by atoms with Crippen LogP contribution in [-0.4, -0.2) is 13.2 Å². The third-order valence-corrected chi connectivity index (χ3v) is 1.98. The average molecular weight is 239 g/mol. The van der Waals surface area contributed by atoms with E-state index in [0.29, 0.717) is 0 Å². The Bertz CT molecular complexity index is 258. The second-order valence-electron chi connectivity index (χ2n) is 2.55. The Morgan fingerprint density at radius 3 is 1.44 bits per heavy atom. The lowest BCUT2D eigenvalue weighted by Gasteiger charge is -1.81. The van der Waals surface area contributed by atoms with Gasteiger partial charge in [0.2, 0.25) is 0 Å². The molecule has 3 nitrogen and oxygen atoms in total. The maximum Gasteiger partial charge on any atom is 0.698 e. The fourth-order valence-corrected chi connectivity index (χ4v) is 1.18. The quantitative estimate of drug-likeness (QED) is 0.560. The Kier molecular flexibility index (Phi) is 10.8. The van der Waals surface area contributed by atoms with Crippen LogP contribution in [0.3, 0.4) is 0 Å². The maximum atomic E-state index is 10.6. The van der Waals surface area contributed by atoms with Crippen molar-refractivity contribution >= 4 is 8.25 Å². The highest BCUT2D eigenvalue weighted by molar-refractivity contribution is 7.33. The summed E-state index contributed by atoms with van der Waals surface area (Å²) in [5, 5.41) is 0. The van der Waals surface area contributed by atoms with Gasteiger partial charge in [0.15, 0.2) is 0 Å². The van der Waals surface area contributed by atoms with Gasteiger partial charge >= 0.3 is 8.25 Å². The van der Waals surface area contributed by atoms with Crippen LogP contribution in [0.25, 0.3) is 0 Å². The van der Waals surface area contributed by atoms with Crippen LogP contribution >= 0.6 is 8.25 Å². The summed E-state index contributed by atoms with van der Waals surface area (Å²) in [4.78, 5) is 0. The standard InChI is InChI=1S/C6H10O3P.C6H6/c1-3-5-8-10(7)9-6-4-2;1-2-4-6-5-3-1/h3-4H,1-2,5-6H2;1-6H/q+1;. The van der Waals surface area contributed by atoms with E-state index in [-0.39, 0.29) is 13.2 Å². The van der Waals surface area contributed by atoms with Crippen LogP contribution in [0.2, 0.25) is 0 Å². The Hall–Kier alpha value is -1.28. The molecular weight excluding hydrogens is 223 g/mol. The lowest BCUT2D eigenvalue weighted by Crippen LogP contribution is -1.84. The molecule has 0 unspecified atom stereocenters. The molecule has 0 aliphatic carbocycles. The molecule has 0 heterocycles. The first-order valence-corrected chi connectivity index (χ1v) is 5.85. The Labute approximate surface area is 97.4 Å². The van der Waals surface area contributed by atoms with Gasteiger partial charge in [0.1, 0.15) is 13.2 Å². The maximum absolute atomic E-state index is 10.6. The lowest BCUT2D eigenvalue weighted by molar-refractivity contribution is 0.261. The van der Waals surface area contributed by atoms with E-state index in [9.17, 15) is 4.57 Å². The fraction of sp³-hybridized carbons (Fsp3) is 0.167. The Balaban J connectivity index is 0.000000315. The SMILES string of the molecule is C=CCO[P+](=O)OCC=C.c1ccccc1. The molecule has 1 aromatic carbocycles. The van der Waals surface area contributed by atoms with Gasteiger partial charge in [-0.05, 0) is 0 Å². The molecule has 16 heavy (non-hydrogen) atoms. The van der Waals surface area contributed by atoms with Gasteiger partial charge < -0.3 is 0 Å². The van der Waals surface area contributed by atoms with E-state index in [1.807, 2.05) is 36.4 Å². The van der Waals surface area contributed by atoms with Crippen molar-refractivity contribution in [2.45, 2.75) is 0 Å². The van der Waals surface area contributed by atoms with Crippen LogP contribution in [0, 0.1) is 0 Å². The third-order valence-electron chi connectivity index (χ3n) is 1.26. The van der Waals surface area contributed by atoms with E-state index in [4.69, 9.17) is 0 Å². The molecule has 0 fully saturated rings. The largest absolute Gasteiger partial charge is 0.698 e. The summed E-state index contributed by atoms with van der Waals surface area (Å²) in [6, 6.07) is 12.0. The predicted octanol–water partition coefficient (Wildman–Crippen LogP) is 3.74. The minimum atomic E-state index is -1.98.